The van der Waals surface area contributed by atoms with Gasteiger partial charge in [-0.3, -0.25) is 0 Å². The maximum Gasteiger partial charge on any atom is 0.0595 e. The van der Waals surface area contributed by atoms with Crippen LogP contribution >= 0.6 is 0 Å². The number of aliphatic hydroxyl groups is 1. The quantitative estimate of drug-likeness (QED) is 0.838. The second kappa shape index (κ2) is 6.36. The van der Waals surface area contributed by atoms with E-state index in [1.165, 1.54) is 6.42 Å². The highest BCUT2D eigenvalue weighted by Gasteiger charge is 2.34. The molecule has 3 nitrogen and oxygen atoms in total. The molecule has 0 aromatic rings. The number of rotatable bonds is 3. The lowest BCUT2D eigenvalue weighted by Gasteiger charge is -2.41. The van der Waals surface area contributed by atoms with Crippen LogP contribution in [0.15, 0.2) is 0 Å². The third kappa shape index (κ3) is 3.46. The van der Waals surface area contributed by atoms with Gasteiger partial charge in [0.1, 0.15) is 0 Å². The molecule has 0 aromatic heterocycles. The largest absolute Gasteiger partial charge is 0.393 e. The molecule has 1 aliphatic carbocycles. The van der Waals surface area contributed by atoms with Gasteiger partial charge in [-0.1, -0.05) is 13.8 Å². The fraction of sp³-hybridized carbons (Fsp3) is 1.00. The number of likely N-dealkylation sites (tertiary alicyclic amines) is 1. The average Bonchev–Trinajstić information content (AvgIpc) is 2.34. The third-order valence-corrected chi connectivity index (χ3v) is 4.98. The minimum absolute atomic E-state index is 0.0936. The Morgan fingerprint density at radius 2 is 1.83 bits per heavy atom. The van der Waals surface area contributed by atoms with Gasteiger partial charge in [-0.2, -0.15) is 0 Å². The molecular weight excluding hydrogens is 226 g/mol. The molecule has 0 aromatic carbocycles. The van der Waals surface area contributed by atoms with E-state index in [2.05, 4.69) is 18.7 Å². The summed E-state index contributed by atoms with van der Waals surface area (Å²) in [7, 11) is 1.81. The fourth-order valence-corrected chi connectivity index (χ4v) is 3.80. The summed E-state index contributed by atoms with van der Waals surface area (Å²) in [5.74, 6) is 1.81. The molecule has 2 aliphatic rings. The van der Waals surface area contributed by atoms with Crippen LogP contribution in [-0.2, 0) is 4.74 Å². The van der Waals surface area contributed by atoms with E-state index in [0.29, 0.717) is 23.9 Å². The topological polar surface area (TPSA) is 32.7 Å². The van der Waals surface area contributed by atoms with Crippen LogP contribution in [0.2, 0.25) is 0 Å². The van der Waals surface area contributed by atoms with E-state index in [9.17, 15) is 5.11 Å². The monoisotopic (exact) mass is 255 g/mol. The Hall–Kier alpha value is -0.120. The minimum Gasteiger partial charge on any atom is -0.393 e. The van der Waals surface area contributed by atoms with E-state index in [-0.39, 0.29) is 6.10 Å². The SMILES string of the molecule is COC1CCN(CC2C(C)CC(C)CC2O)CC1. The summed E-state index contributed by atoms with van der Waals surface area (Å²) in [5, 5.41) is 10.3. The van der Waals surface area contributed by atoms with Gasteiger partial charge in [0.25, 0.3) is 0 Å². The summed E-state index contributed by atoms with van der Waals surface area (Å²) < 4.78 is 5.41. The van der Waals surface area contributed by atoms with Crippen molar-refractivity contribution in [1.82, 2.24) is 4.90 Å². The fourth-order valence-electron chi connectivity index (χ4n) is 3.80. The Bertz CT molecular complexity index is 239. The zero-order chi connectivity index (χ0) is 13.1. The van der Waals surface area contributed by atoms with E-state index in [4.69, 9.17) is 4.74 Å². The lowest BCUT2D eigenvalue weighted by Crippen LogP contribution is -2.45. The lowest BCUT2D eigenvalue weighted by molar-refractivity contribution is -0.0177. The second-order valence-electron chi connectivity index (χ2n) is 6.52. The first-order valence-electron chi connectivity index (χ1n) is 7.53. The number of hydrogen-bond donors (Lipinski definition) is 1. The minimum atomic E-state index is -0.0936. The van der Waals surface area contributed by atoms with Crippen molar-refractivity contribution in [2.75, 3.05) is 26.7 Å². The smallest absolute Gasteiger partial charge is 0.0595 e. The van der Waals surface area contributed by atoms with Crippen molar-refractivity contribution in [3.63, 3.8) is 0 Å². The van der Waals surface area contributed by atoms with Crippen molar-refractivity contribution in [1.29, 1.82) is 0 Å². The Labute approximate surface area is 112 Å². The molecule has 1 aliphatic heterocycles. The molecule has 0 bridgehead atoms. The molecule has 0 radical (unpaired) electrons. The highest BCUT2D eigenvalue weighted by Crippen LogP contribution is 2.34. The van der Waals surface area contributed by atoms with Gasteiger partial charge < -0.3 is 14.7 Å². The van der Waals surface area contributed by atoms with E-state index in [0.717, 1.165) is 38.9 Å². The summed E-state index contributed by atoms with van der Waals surface area (Å²) in [6.45, 7) is 7.91. The van der Waals surface area contributed by atoms with Gasteiger partial charge in [-0.15, -0.1) is 0 Å². The molecular formula is C15H29NO2. The summed E-state index contributed by atoms with van der Waals surface area (Å²) in [6, 6.07) is 0. The van der Waals surface area contributed by atoms with Crippen molar-refractivity contribution in [3.8, 4) is 0 Å². The van der Waals surface area contributed by atoms with Gasteiger partial charge in [0.2, 0.25) is 0 Å². The number of nitrogens with zero attached hydrogens (tertiary/aromatic N) is 1. The van der Waals surface area contributed by atoms with Crippen LogP contribution in [0.4, 0.5) is 0 Å². The first-order valence-corrected chi connectivity index (χ1v) is 7.53. The Kier molecular flexibility index (Phi) is 5.05. The zero-order valence-electron chi connectivity index (χ0n) is 12.1. The maximum absolute atomic E-state index is 10.3. The van der Waals surface area contributed by atoms with Gasteiger partial charge in [-0.25, -0.2) is 0 Å². The van der Waals surface area contributed by atoms with Gasteiger partial charge in [0.05, 0.1) is 12.2 Å². The lowest BCUT2D eigenvalue weighted by atomic mass is 9.73. The number of hydrogen-bond acceptors (Lipinski definition) is 3. The summed E-state index contributed by atoms with van der Waals surface area (Å²) in [5.41, 5.74) is 0. The molecule has 2 rings (SSSR count). The number of methoxy groups -OCH3 is 1. The van der Waals surface area contributed by atoms with Gasteiger partial charge in [0.15, 0.2) is 0 Å². The molecule has 1 saturated heterocycles. The zero-order valence-corrected chi connectivity index (χ0v) is 12.1. The first-order chi connectivity index (χ1) is 8.60. The van der Waals surface area contributed by atoms with Crippen LogP contribution in [0.3, 0.4) is 0 Å². The summed E-state index contributed by atoms with van der Waals surface area (Å²) in [4.78, 5) is 2.52. The number of piperidine rings is 1. The number of aliphatic hydroxyl groups excluding tert-OH is 1. The molecule has 3 heteroatoms. The van der Waals surface area contributed by atoms with Crippen LogP contribution in [0.1, 0.15) is 39.5 Å². The van der Waals surface area contributed by atoms with E-state index >= 15 is 0 Å². The normalized spacial score (nSPS) is 40.0. The molecule has 18 heavy (non-hydrogen) atoms. The van der Waals surface area contributed by atoms with Crippen molar-refractivity contribution >= 4 is 0 Å². The predicted octanol–water partition coefficient (Wildman–Crippen LogP) is 2.14. The van der Waals surface area contributed by atoms with Crippen molar-refractivity contribution < 1.29 is 9.84 Å². The molecule has 2 fully saturated rings. The van der Waals surface area contributed by atoms with Crippen molar-refractivity contribution in [2.45, 2.75) is 51.7 Å². The molecule has 1 heterocycles. The average molecular weight is 255 g/mol. The third-order valence-electron chi connectivity index (χ3n) is 4.98. The molecule has 106 valence electrons. The molecule has 4 atom stereocenters. The molecule has 1 saturated carbocycles. The van der Waals surface area contributed by atoms with Gasteiger partial charge in [-0.05, 0) is 37.5 Å². The highest BCUT2D eigenvalue weighted by molar-refractivity contribution is 4.86. The Morgan fingerprint density at radius 3 is 2.39 bits per heavy atom. The molecule has 1 N–H and O–H groups in total. The van der Waals surface area contributed by atoms with Crippen LogP contribution in [0.5, 0.6) is 0 Å². The van der Waals surface area contributed by atoms with Gasteiger partial charge in [0, 0.05) is 32.7 Å². The van der Waals surface area contributed by atoms with Crippen LogP contribution in [0, 0.1) is 17.8 Å². The van der Waals surface area contributed by atoms with E-state index in [1.54, 1.807) is 0 Å². The first kappa shape index (κ1) is 14.3. The van der Waals surface area contributed by atoms with Crippen molar-refractivity contribution in [3.05, 3.63) is 0 Å². The van der Waals surface area contributed by atoms with E-state index < -0.39 is 0 Å². The van der Waals surface area contributed by atoms with Crippen LogP contribution in [0.25, 0.3) is 0 Å². The maximum atomic E-state index is 10.3. The second-order valence-corrected chi connectivity index (χ2v) is 6.52. The molecule has 4 unspecified atom stereocenters. The Morgan fingerprint density at radius 1 is 1.17 bits per heavy atom. The van der Waals surface area contributed by atoms with E-state index in [1.807, 2.05) is 7.11 Å². The van der Waals surface area contributed by atoms with Crippen LogP contribution < -0.4 is 0 Å². The van der Waals surface area contributed by atoms with Gasteiger partial charge >= 0.3 is 0 Å². The summed E-state index contributed by atoms with van der Waals surface area (Å²) in [6.07, 6.45) is 4.91. The molecule has 0 amide bonds. The molecule has 0 spiro atoms. The van der Waals surface area contributed by atoms with Crippen LogP contribution in [-0.4, -0.2) is 49.0 Å². The number of ether oxygens (including phenoxy) is 1. The predicted molar refractivity (Wildman–Crippen MR) is 73.5 cm³/mol. The summed E-state index contributed by atoms with van der Waals surface area (Å²) >= 11 is 0. The van der Waals surface area contributed by atoms with Crippen molar-refractivity contribution in [2.24, 2.45) is 17.8 Å². The Balaban J connectivity index is 1.82. The standard InChI is InChI=1S/C15H29NO2/c1-11-8-12(2)14(15(17)9-11)10-16-6-4-13(18-3)5-7-16/h11-15,17H,4-10H2,1-3H3. The highest BCUT2D eigenvalue weighted by atomic mass is 16.5.